The van der Waals surface area contributed by atoms with E-state index in [0.717, 1.165) is 18.6 Å². The van der Waals surface area contributed by atoms with Crippen LogP contribution in [0.25, 0.3) is 0 Å². The summed E-state index contributed by atoms with van der Waals surface area (Å²) in [6.45, 7) is 3.79. The highest BCUT2D eigenvalue weighted by Crippen LogP contribution is 2.26. The van der Waals surface area contributed by atoms with Gasteiger partial charge in [-0.1, -0.05) is 13.8 Å². The molecule has 1 unspecified atom stereocenters. The molecule has 0 aromatic carbocycles. The molecule has 0 aromatic rings. The molecule has 1 amide bonds. The van der Waals surface area contributed by atoms with Crippen LogP contribution in [0.2, 0.25) is 0 Å². The molecule has 1 heterocycles. The minimum Gasteiger partial charge on any atom is -0.467 e. The Morgan fingerprint density at radius 3 is 2.56 bits per heavy atom. The lowest BCUT2D eigenvalue weighted by atomic mass is 10.0. The highest BCUT2D eigenvalue weighted by Gasteiger charge is 2.30. The van der Waals surface area contributed by atoms with Crippen molar-refractivity contribution in [3.8, 4) is 0 Å². The largest absolute Gasteiger partial charge is 0.467 e. The van der Waals surface area contributed by atoms with Crippen LogP contribution in [0.3, 0.4) is 0 Å². The molecule has 0 aliphatic carbocycles. The van der Waals surface area contributed by atoms with Crippen molar-refractivity contribution in [3.63, 3.8) is 0 Å². The number of methoxy groups -OCH3 is 1. The van der Waals surface area contributed by atoms with Gasteiger partial charge in [-0.15, -0.1) is 11.8 Å². The minimum absolute atomic E-state index is 0.00547. The summed E-state index contributed by atoms with van der Waals surface area (Å²) in [4.78, 5) is 23.3. The van der Waals surface area contributed by atoms with Crippen LogP contribution in [-0.2, 0) is 14.3 Å². The summed E-state index contributed by atoms with van der Waals surface area (Å²) in [5, 5.41) is 2.78. The third-order valence-electron chi connectivity index (χ3n) is 2.64. The lowest BCUT2D eigenvalue weighted by molar-refractivity contribution is -0.146. The highest BCUT2D eigenvalue weighted by atomic mass is 32.2. The Kier molecular flexibility index (Phi) is 5.12. The van der Waals surface area contributed by atoms with Gasteiger partial charge in [0, 0.05) is 0 Å². The van der Waals surface area contributed by atoms with Gasteiger partial charge in [0.25, 0.3) is 0 Å². The van der Waals surface area contributed by atoms with Crippen molar-refractivity contribution in [2.45, 2.75) is 38.0 Å². The smallest absolute Gasteiger partial charge is 0.328 e. The summed E-state index contributed by atoms with van der Waals surface area (Å²) in [6, 6.07) is -0.529. The minimum atomic E-state index is -0.529. The highest BCUT2D eigenvalue weighted by molar-refractivity contribution is 8.00. The molecule has 1 aliphatic rings. The van der Waals surface area contributed by atoms with Crippen molar-refractivity contribution in [2.75, 3.05) is 12.9 Å². The van der Waals surface area contributed by atoms with Gasteiger partial charge in [-0.2, -0.15) is 0 Å². The van der Waals surface area contributed by atoms with E-state index in [1.165, 1.54) is 7.11 Å². The first-order valence-corrected chi connectivity index (χ1v) is 6.61. The number of hydrogen-bond donors (Lipinski definition) is 1. The molecular formula is C11H19NO3S. The van der Waals surface area contributed by atoms with Crippen LogP contribution >= 0.6 is 11.8 Å². The van der Waals surface area contributed by atoms with E-state index in [0.29, 0.717) is 0 Å². The van der Waals surface area contributed by atoms with Crippen LogP contribution in [0.5, 0.6) is 0 Å². The van der Waals surface area contributed by atoms with Gasteiger partial charge in [0.1, 0.15) is 6.04 Å². The Morgan fingerprint density at radius 1 is 1.44 bits per heavy atom. The molecule has 1 N–H and O–H groups in total. The van der Waals surface area contributed by atoms with Gasteiger partial charge in [-0.3, -0.25) is 4.79 Å². The fraction of sp³-hybridized carbons (Fsp3) is 0.818. The van der Waals surface area contributed by atoms with Crippen LogP contribution in [0.4, 0.5) is 0 Å². The zero-order chi connectivity index (χ0) is 12.1. The van der Waals surface area contributed by atoms with Gasteiger partial charge in [-0.05, 0) is 24.5 Å². The summed E-state index contributed by atoms with van der Waals surface area (Å²) in [5.74, 6) is 0.670. The van der Waals surface area contributed by atoms with Crippen molar-refractivity contribution < 1.29 is 14.3 Å². The number of carbonyl (C=O) groups excluding carboxylic acids is 2. The molecule has 1 aliphatic heterocycles. The number of nitrogens with one attached hydrogen (secondary N) is 1. The number of carbonyl (C=O) groups is 2. The molecule has 92 valence electrons. The number of rotatable bonds is 4. The van der Waals surface area contributed by atoms with Crippen LogP contribution in [0.15, 0.2) is 0 Å². The summed E-state index contributed by atoms with van der Waals surface area (Å²) in [6.07, 6.45) is 1.98. The lowest BCUT2D eigenvalue weighted by Gasteiger charge is -2.21. The number of hydrogen-bond acceptors (Lipinski definition) is 4. The molecule has 4 nitrogen and oxygen atoms in total. The van der Waals surface area contributed by atoms with Gasteiger partial charge in [0.05, 0.1) is 12.4 Å². The number of thioether (sulfide) groups is 1. The Labute approximate surface area is 100 Å². The van der Waals surface area contributed by atoms with Gasteiger partial charge in [0.2, 0.25) is 5.91 Å². The van der Waals surface area contributed by atoms with Crippen LogP contribution in [0, 0.1) is 5.92 Å². The van der Waals surface area contributed by atoms with Gasteiger partial charge < -0.3 is 10.1 Å². The molecule has 0 aromatic heterocycles. The average molecular weight is 245 g/mol. The zero-order valence-corrected chi connectivity index (χ0v) is 10.8. The first-order valence-electron chi connectivity index (χ1n) is 5.56. The number of esters is 1. The Balaban J connectivity index is 2.53. The van der Waals surface area contributed by atoms with Crippen molar-refractivity contribution >= 4 is 23.6 Å². The lowest BCUT2D eigenvalue weighted by Crippen LogP contribution is -2.47. The fourth-order valence-corrected chi connectivity index (χ4v) is 2.83. The Bertz CT molecular complexity index is 262. The standard InChI is InChI=1S/C11H19NO3S/c1-7(2)9(11(14)15-3)12-10(13)8-5-4-6-16-8/h7-9H,4-6H2,1-3H3,(H,12,13)/t8?,9-/m0/s1. The van der Waals surface area contributed by atoms with E-state index in [-0.39, 0.29) is 23.0 Å². The molecular weight excluding hydrogens is 226 g/mol. The SMILES string of the molecule is COC(=O)[C@@H](NC(=O)C1CCCS1)C(C)C. The molecule has 0 spiro atoms. The summed E-state index contributed by atoms with van der Waals surface area (Å²) in [7, 11) is 1.34. The predicted molar refractivity (Wildman–Crippen MR) is 64.3 cm³/mol. The zero-order valence-electron chi connectivity index (χ0n) is 9.99. The second-order valence-electron chi connectivity index (χ2n) is 4.26. The van der Waals surface area contributed by atoms with Crippen LogP contribution < -0.4 is 5.32 Å². The van der Waals surface area contributed by atoms with Crippen molar-refractivity contribution in [3.05, 3.63) is 0 Å². The molecule has 1 fully saturated rings. The van der Waals surface area contributed by atoms with Crippen LogP contribution in [-0.4, -0.2) is 36.0 Å². The molecule has 16 heavy (non-hydrogen) atoms. The van der Waals surface area contributed by atoms with Gasteiger partial charge in [0.15, 0.2) is 0 Å². The van der Waals surface area contributed by atoms with Crippen molar-refractivity contribution in [1.29, 1.82) is 0 Å². The first-order chi connectivity index (χ1) is 7.56. The topological polar surface area (TPSA) is 55.4 Å². The third kappa shape index (κ3) is 3.40. The van der Waals surface area contributed by atoms with E-state index in [2.05, 4.69) is 10.1 Å². The van der Waals surface area contributed by atoms with Gasteiger partial charge in [-0.25, -0.2) is 4.79 Å². The molecule has 1 rings (SSSR count). The van der Waals surface area contributed by atoms with E-state index in [1.807, 2.05) is 13.8 Å². The maximum Gasteiger partial charge on any atom is 0.328 e. The number of amides is 1. The predicted octanol–water partition coefficient (Wildman–Crippen LogP) is 1.20. The van der Waals surface area contributed by atoms with E-state index in [4.69, 9.17) is 0 Å². The summed E-state index contributed by atoms with van der Waals surface area (Å²) >= 11 is 1.66. The molecule has 0 radical (unpaired) electrons. The molecule has 0 saturated carbocycles. The second kappa shape index (κ2) is 6.13. The number of ether oxygens (including phenoxy) is 1. The third-order valence-corrected chi connectivity index (χ3v) is 4.02. The molecule has 5 heteroatoms. The Morgan fingerprint density at radius 2 is 2.12 bits per heavy atom. The quantitative estimate of drug-likeness (QED) is 0.756. The summed E-state index contributed by atoms with van der Waals surface area (Å²) in [5.41, 5.74) is 0. The van der Waals surface area contributed by atoms with Crippen molar-refractivity contribution in [2.24, 2.45) is 5.92 Å². The second-order valence-corrected chi connectivity index (χ2v) is 5.57. The molecule has 2 atom stereocenters. The first kappa shape index (κ1) is 13.4. The van der Waals surface area contributed by atoms with E-state index in [1.54, 1.807) is 11.8 Å². The monoisotopic (exact) mass is 245 g/mol. The van der Waals surface area contributed by atoms with Crippen LogP contribution in [0.1, 0.15) is 26.7 Å². The van der Waals surface area contributed by atoms with E-state index < -0.39 is 6.04 Å². The Hall–Kier alpha value is -0.710. The molecule has 1 saturated heterocycles. The van der Waals surface area contributed by atoms with E-state index >= 15 is 0 Å². The maximum atomic E-state index is 11.8. The average Bonchev–Trinajstić information content (AvgIpc) is 2.77. The van der Waals surface area contributed by atoms with E-state index in [9.17, 15) is 9.59 Å². The summed E-state index contributed by atoms with van der Waals surface area (Å²) < 4.78 is 4.68. The maximum absolute atomic E-state index is 11.8. The molecule has 0 bridgehead atoms. The fourth-order valence-electron chi connectivity index (χ4n) is 1.66. The normalized spacial score (nSPS) is 21.9. The van der Waals surface area contributed by atoms with Crippen molar-refractivity contribution in [1.82, 2.24) is 5.32 Å². The van der Waals surface area contributed by atoms with Gasteiger partial charge >= 0.3 is 5.97 Å².